The van der Waals surface area contributed by atoms with Gasteiger partial charge in [0.15, 0.2) is 0 Å². The van der Waals surface area contributed by atoms with Crippen molar-refractivity contribution in [3.63, 3.8) is 0 Å². The van der Waals surface area contributed by atoms with Gasteiger partial charge in [-0.1, -0.05) is 64.4 Å². The number of sulfonamides is 1. The Morgan fingerprint density at radius 3 is 2.18 bits per heavy atom. The van der Waals surface area contributed by atoms with Gasteiger partial charge in [-0.05, 0) is 68.9 Å². The Morgan fingerprint density at radius 1 is 1.00 bits per heavy atom. The van der Waals surface area contributed by atoms with Gasteiger partial charge >= 0.3 is 0 Å². The molecule has 0 aliphatic rings. The van der Waals surface area contributed by atoms with E-state index in [9.17, 15) is 13.2 Å². The highest BCUT2D eigenvalue weighted by atomic mass is 32.2. The van der Waals surface area contributed by atoms with E-state index in [1.165, 1.54) is 4.31 Å². The number of hydrogen-bond acceptors (Lipinski definition) is 4. The van der Waals surface area contributed by atoms with Crippen LogP contribution in [0.1, 0.15) is 69.0 Å². The summed E-state index contributed by atoms with van der Waals surface area (Å²) in [5, 5.41) is 7.74. The average molecular weight is 539 g/mol. The van der Waals surface area contributed by atoms with E-state index >= 15 is 0 Å². The normalized spacial score (nSPS) is 12.4. The standard InChI is InChI=1S/C30H42N4O3S/c1-20(2)13-14-33(38(36,37)29-23(5)15-22(4)16-24(29)6)19-28(35)31-27-18-26(30(7,8)9)32-34(27)25-12-10-11-21(3)17-25/h10-12,15-18,20H,13-14,19H2,1-9H3,(H,31,35). The minimum atomic E-state index is -3.90. The second kappa shape index (κ2) is 11.4. The zero-order valence-electron chi connectivity index (χ0n) is 24.2. The number of carbonyl (C=O) groups excluding carboxylic acids is 1. The van der Waals surface area contributed by atoms with Gasteiger partial charge in [-0.15, -0.1) is 0 Å². The van der Waals surface area contributed by atoms with Gasteiger partial charge in [0.2, 0.25) is 15.9 Å². The maximum Gasteiger partial charge on any atom is 0.244 e. The highest BCUT2D eigenvalue weighted by molar-refractivity contribution is 7.89. The Balaban J connectivity index is 1.97. The molecular formula is C30H42N4O3S. The van der Waals surface area contributed by atoms with Crippen molar-refractivity contribution in [3.05, 3.63) is 70.4 Å². The summed E-state index contributed by atoms with van der Waals surface area (Å²) in [4.78, 5) is 13.7. The van der Waals surface area contributed by atoms with Crippen LogP contribution in [0.15, 0.2) is 47.4 Å². The number of nitrogens with one attached hydrogen (secondary N) is 1. The van der Waals surface area contributed by atoms with Crippen molar-refractivity contribution in [2.24, 2.45) is 5.92 Å². The predicted molar refractivity (Wildman–Crippen MR) is 154 cm³/mol. The topological polar surface area (TPSA) is 84.3 Å². The van der Waals surface area contributed by atoms with Gasteiger partial charge in [-0.3, -0.25) is 4.79 Å². The van der Waals surface area contributed by atoms with Crippen molar-refractivity contribution in [3.8, 4) is 5.69 Å². The third-order valence-corrected chi connectivity index (χ3v) is 8.62. The molecule has 1 heterocycles. The molecule has 8 heteroatoms. The zero-order valence-corrected chi connectivity index (χ0v) is 25.0. The van der Waals surface area contributed by atoms with Crippen LogP contribution < -0.4 is 5.32 Å². The molecule has 0 aliphatic heterocycles. The van der Waals surface area contributed by atoms with E-state index in [1.54, 1.807) is 4.68 Å². The van der Waals surface area contributed by atoms with Gasteiger partial charge in [0.25, 0.3) is 0 Å². The lowest BCUT2D eigenvalue weighted by Gasteiger charge is -2.25. The minimum Gasteiger partial charge on any atom is -0.309 e. The van der Waals surface area contributed by atoms with E-state index in [4.69, 9.17) is 5.10 Å². The molecule has 0 saturated heterocycles. The maximum absolute atomic E-state index is 13.9. The summed E-state index contributed by atoms with van der Waals surface area (Å²) in [6.07, 6.45) is 0.645. The van der Waals surface area contributed by atoms with E-state index in [0.717, 1.165) is 22.5 Å². The van der Waals surface area contributed by atoms with Gasteiger partial charge in [0.05, 0.1) is 22.8 Å². The number of amides is 1. The summed E-state index contributed by atoms with van der Waals surface area (Å²) in [6, 6.07) is 13.5. The fourth-order valence-electron chi connectivity index (χ4n) is 4.52. The highest BCUT2D eigenvalue weighted by Gasteiger charge is 2.30. The molecule has 0 aliphatic carbocycles. The van der Waals surface area contributed by atoms with Crippen LogP contribution in [0.2, 0.25) is 0 Å². The number of aryl methyl sites for hydroxylation is 4. The molecule has 7 nitrogen and oxygen atoms in total. The molecule has 0 radical (unpaired) electrons. The number of rotatable bonds is 9. The first-order valence-electron chi connectivity index (χ1n) is 13.1. The minimum absolute atomic E-state index is 0.234. The number of carbonyl (C=O) groups is 1. The van der Waals surface area contributed by atoms with Crippen LogP contribution in [0.3, 0.4) is 0 Å². The lowest BCUT2D eigenvalue weighted by atomic mass is 9.92. The quantitative estimate of drug-likeness (QED) is 0.358. The molecule has 0 spiro atoms. The zero-order chi connectivity index (χ0) is 28.4. The molecule has 1 N–H and O–H groups in total. The van der Waals surface area contributed by atoms with Crippen LogP contribution in [0.4, 0.5) is 5.82 Å². The molecule has 38 heavy (non-hydrogen) atoms. The third kappa shape index (κ3) is 6.91. The summed E-state index contributed by atoms with van der Waals surface area (Å²) < 4.78 is 30.8. The lowest BCUT2D eigenvalue weighted by molar-refractivity contribution is -0.116. The van der Waals surface area contributed by atoms with Crippen molar-refractivity contribution in [2.75, 3.05) is 18.4 Å². The van der Waals surface area contributed by atoms with Gasteiger partial charge in [-0.2, -0.15) is 9.40 Å². The van der Waals surface area contributed by atoms with Crippen molar-refractivity contribution >= 4 is 21.7 Å². The molecule has 206 valence electrons. The predicted octanol–water partition coefficient (Wildman–Crippen LogP) is 6.08. The Bertz CT molecular complexity index is 1390. The van der Waals surface area contributed by atoms with E-state index in [1.807, 2.05) is 84.0 Å². The van der Waals surface area contributed by atoms with E-state index in [0.29, 0.717) is 23.4 Å². The van der Waals surface area contributed by atoms with Gasteiger partial charge in [0.1, 0.15) is 5.82 Å². The molecule has 2 aromatic carbocycles. The Hall–Kier alpha value is -2.97. The van der Waals surface area contributed by atoms with Crippen LogP contribution >= 0.6 is 0 Å². The fourth-order valence-corrected chi connectivity index (χ4v) is 6.35. The summed E-state index contributed by atoms with van der Waals surface area (Å²) in [5.74, 6) is 0.386. The molecule has 1 amide bonds. The second-order valence-electron chi connectivity index (χ2n) is 11.7. The molecule has 3 rings (SSSR count). The number of anilines is 1. The molecule has 0 bridgehead atoms. The van der Waals surface area contributed by atoms with Gasteiger partial charge < -0.3 is 5.32 Å². The summed E-state index contributed by atoms with van der Waals surface area (Å²) in [6.45, 7) is 17.8. The number of hydrogen-bond donors (Lipinski definition) is 1. The van der Waals surface area contributed by atoms with Crippen molar-refractivity contribution in [1.29, 1.82) is 0 Å². The Kier molecular flexibility index (Phi) is 8.89. The first kappa shape index (κ1) is 29.6. The first-order valence-corrected chi connectivity index (χ1v) is 14.6. The molecule has 1 aromatic heterocycles. The van der Waals surface area contributed by atoms with Crippen molar-refractivity contribution in [1.82, 2.24) is 14.1 Å². The smallest absolute Gasteiger partial charge is 0.244 e. The molecular weight excluding hydrogens is 496 g/mol. The largest absolute Gasteiger partial charge is 0.309 e. The maximum atomic E-state index is 13.9. The van der Waals surface area contributed by atoms with Crippen LogP contribution in [0.5, 0.6) is 0 Å². The van der Waals surface area contributed by atoms with Crippen LogP contribution in [0.25, 0.3) is 5.69 Å². The summed E-state index contributed by atoms with van der Waals surface area (Å²) in [7, 11) is -3.90. The lowest BCUT2D eigenvalue weighted by Crippen LogP contribution is -2.39. The van der Waals surface area contributed by atoms with Gasteiger partial charge in [0, 0.05) is 18.0 Å². The molecule has 0 atom stereocenters. The molecule has 0 fully saturated rings. The van der Waals surface area contributed by atoms with Crippen LogP contribution in [-0.4, -0.2) is 41.5 Å². The molecule has 3 aromatic rings. The Morgan fingerprint density at radius 2 is 1.63 bits per heavy atom. The third-order valence-electron chi connectivity index (χ3n) is 6.47. The Labute approximate surface area is 228 Å². The molecule has 0 saturated carbocycles. The van der Waals surface area contributed by atoms with Crippen LogP contribution in [0, 0.1) is 33.6 Å². The van der Waals surface area contributed by atoms with Crippen molar-refractivity contribution in [2.45, 2.75) is 79.0 Å². The van der Waals surface area contributed by atoms with E-state index < -0.39 is 15.9 Å². The average Bonchev–Trinajstić information content (AvgIpc) is 3.19. The van der Waals surface area contributed by atoms with Crippen LogP contribution in [-0.2, 0) is 20.2 Å². The number of nitrogens with zero attached hydrogens (tertiary/aromatic N) is 3. The molecule has 0 unspecified atom stereocenters. The first-order chi connectivity index (χ1) is 17.6. The second-order valence-corrected chi connectivity index (χ2v) is 13.6. The highest BCUT2D eigenvalue weighted by Crippen LogP contribution is 2.28. The van der Waals surface area contributed by atoms with E-state index in [2.05, 4.69) is 26.1 Å². The summed E-state index contributed by atoms with van der Waals surface area (Å²) >= 11 is 0. The summed E-state index contributed by atoms with van der Waals surface area (Å²) in [5.41, 5.74) is 4.86. The number of aromatic nitrogens is 2. The fraction of sp³-hybridized carbons (Fsp3) is 0.467. The van der Waals surface area contributed by atoms with Gasteiger partial charge in [-0.25, -0.2) is 13.1 Å². The monoisotopic (exact) mass is 538 g/mol. The SMILES string of the molecule is Cc1cccc(-n2nc(C(C)(C)C)cc2NC(=O)CN(CCC(C)C)S(=O)(=O)c2c(C)cc(C)cc2C)c1. The van der Waals surface area contributed by atoms with Crippen molar-refractivity contribution < 1.29 is 13.2 Å². The number of benzene rings is 2. The van der Waals surface area contributed by atoms with E-state index in [-0.39, 0.29) is 29.3 Å².